The molecule has 0 aromatic rings. The molecule has 2 fully saturated rings. The van der Waals surface area contributed by atoms with Crippen molar-refractivity contribution in [1.82, 2.24) is 0 Å². The van der Waals surface area contributed by atoms with Gasteiger partial charge in [0.15, 0.2) is 11.6 Å². The van der Waals surface area contributed by atoms with Crippen molar-refractivity contribution in [2.45, 2.75) is 103 Å². The van der Waals surface area contributed by atoms with Gasteiger partial charge in [-0.05, 0) is 26.7 Å². The first-order valence-electron chi connectivity index (χ1n) is 11.5. The molecule has 2 rings (SSSR count). The van der Waals surface area contributed by atoms with Gasteiger partial charge in [-0.3, -0.25) is 4.79 Å². The van der Waals surface area contributed by atoms with Gasteiger partial charge in [-0.25, -0.2) is 0 Å². The lowest BCUT2D eigenvalue weighted by molar-refractivity contribution is -0.193. The minimum atomic E-state index is -0.820. The largest absolute Gasteiger partial charge is 0.466 e. The van der Waals surface area contributed by atoms with Gasteiger partial charge in [0.05, 0.1) is 26.2 Å². The summed E-state index contributed by atoms with van der Waals surface area (Å²) in [7, 11) is 1.73. The van der Waals surface area contributed by atoms with Crippen molar-refractivity contribution in [3.8, 4) is 0 Å². The maximum atomic E-state index is 11.7. The zero-order valence-electron chi connectivity index (χ0n) is 20.0. The number of unbranched alkanes of at least 4 members (excludes halogenated alkanes) is 2. The minimum absolute atomic E-state index is 0.229. The third-order valence-electron chi connectivity index (χ3n) is 5.28. The SMILES string of the molecule is CCCCOC.CCCCOC(=O)CCC1(C)OCC(C2COC(C)(CCC=O)O2)O1. The third kappa shape index (κ3) is 10.9. The summed E-state index contributed by atoms with van der Waals surface area (Å²) < 4.78 is 33.3. The van der Waals surface area contributed by atoms with Crippen molar-refractivity contribution in [2.75, 3.05) is 33.5 Å². The summed E-state index contributed by atoms with van der Waals surface area (Å²) >= 11 is 0. The molecule has 8 nitrogen and oxygen atoms in total. The molecule has 2 heterocycles. The summed E-state index contributed by atoms with van der Waals surface area (Å²) in [4.78, 5) is 22.3. The summed E-state index contributed by atoms with van der Waals surface area (Å²) in [6.07, 6.45) is 6.26. The topological polar surface area (TPSA) is 89.5 Å². The van der Waals surface area contributed by atoms with Crippen LogP contribution in [0.3, 0.4) is 0 Å². The van der Waals surface area contributed by atoms with E-state index in [0.717, 1.165) is 25.7 Å². The fraction of sp³-hybridized carbons (Fsp3) is 0.913. The lowest BCUT2D eigenvalue weighted by Gasteiger charge is -2.26. The van der Waals surface area contributed by atoms with Crippen LogP contribution in [0.25, 0.3) is 0 Å². The van der Waals surface area contributed by atoms with Gasteiger partial charge in [0.2, 0.25) is 0 Å². The highest BCUT2D eigenvalue weighted by Gasteiger charge is 2.47. The molecule has 0 aromatic heterocycles. The number of rotatable bonds is 13. The van der Waals surface area contributed by atoms with Crippen LogP contribution >= 0.6 is 0 Å². The first-order valence-corrected chi connectivity index (χ1v) is 11.5. The second-order valence-corrected chi connectivity index (χ2v) is 8.33. The molecule has 2 aliphatic rings. The van der Waals surface area contributed by atoms with E-state index in [9.17, 15) is 9.59 Å². The summed E-state index contributed by atoms with van der Waals surface area (Å²) in [5, 5.41) is 0. The maximum Gasteiger partial charge on any atom is 0.305 e. The quantitative estimate of drug-likeness (QED) is 0.240. The highest BCUT2D eigenvalue weighted by atomic mass is 16.8. The number of methoxy groups -OCH3 is 1. The van der Waals surface area contributed by atoms with Crippen molar-refractivity contribution in [1.29, 1.82) is 0 Å². The van der Waals surface area contributed by atoms with E-state index in [1.54, 1.807) is 7.11 Å². The molecule has 4 unspecified atom stereocenters. The molecule has 4 atom stereocenters. The third-order valence-corrected chi connectivity index (χ3v) is 5.28. The van der Waals surface area contributed by atoms with E-state index in [4.69, 9.17) is 28.4 Å². The molecule has 0 saturated carbocycles. The molecule has 31 heavy (non-hydrogen) atoms. The molecule has 0 aromatic carbocycles. The molecule has 8 heteroatoms. The van der Waals surface area contributed by atoms with Gasteiger partial charge < -0.3 is 33.2 Å². The second-order valence-electron chi connectivity index (χ2n) is 8.33. The minimum Gasteiger partial charge on any atom is -0.466 e. The molecular weight excluding hydrogens is 404 g/mol. The molecule has 0 bridgehead atoms. The summed E-state index contributed by atoms with van der Waals surface area (Å²) in [6, 6.07) is 0. The van der Waals surface area contributed by atoms with E-state index in [1.807, 2.05) is 20.8 Å². The highest BCUT2D eigenvalue weighted by molar-refractivity contribution is 5.69. The van der Waals surface area contributed by atoms with Crippen molar-refractivity contribution in [3.05, 3.63) is 0 Å². The average Bonchev–Trinajstić information content (AvgIpc) is 3.34. The number of ether oxygens (including phenoxy) is 6. The van der Waals surface area contributed by atoms with Crippen LogP contribution in [0.2, 0.25) is 0 Å². The van der Waals surface area contributed by atoms with E-state index in [2.05, 4.69) is 6.92 Å². The van der Waals surface area contributed by atoms with Crippen LogP contribution in [0.5, 0.6) is 0 Å². The Kier molecular flexibility index (Phi) is 13.4. The Morgan fingerprint density at radius 1 is 0.968 bits per heavy atom. The van der Waals surface area contributed by atoms with Crippen LogP contribution < -0.4 is 0 Å². The van der Waals surface area contributed by atoms with Crippen molar-refractivity contribution in [3.63, 3.8) is 0 Å². The first kappa shape index (κ1) is 28.0. The Morgan fingerprint density at radius 3 is 2.00 bits per heavy atom. The van der Waals surface area contributed by atoms with Gasteiger partial charge in [0, 0.05) is 33.0 Å². The van der Waals surface area contributed by atoms with Crippen LogP contribution in [-0.4, -0.2) is 69.6 Å². The molecule has 0 aliphatic carbocycles. The van der Waals surface area contributed by atoms with Gasteiger partial charge in [-0.2, -0.15) is 0 Å². The second kappa shape index (κ2) is 14.9. The van der Waals surface area contributed by atoms with Crippen LogP contribution in [0.1, 0.15) is 79.1 Å². The summed E-state index contributed by atoms with van der Waals surface area (Å²) in [5.41, 5.74) is 0. The number of aldehydes is 1. The monoisotopic (exact) mass is 446 g/mol. The predicted octanol–water partition coefficient (Wildman–Crippen LogP) is 3.79. The zero-order chi connectivity index (χ0) is 23.2. The Morgan fingerprint density at radius 2 is 1.52 bits per heavy atom. The van der Waals surface area contributed by atoms with E-state index >= 15 is 0 Å². The smallest absolute Gasteiger partial charge is 0.305 e. The standard InChI is InChI=1S/C18H30O7.C5H12O/c1-4-5-11-21-16(20)7-9-18(3)23-13-15(25-18)14-12-22-17(2,24-14)8-6-10-19;1-3-4-5-6-2/h10,14-15H,4-9,11-13H2,1-3H3;3-5H2,1-2H3. The van der Waals surface area contributed by atoms with Crippen molar-refractivity contribution in [2.24, 2.45) is 0 Å². The average molecular weight is 447 g/mol. The number of carbonyl (C=O) groups excluding carboxylic acids is 2. The van der Waals surface area contributed by atoms with Crippen LogP contribution in [-0.2, 0) is 38.0 Å². The van der Waals surface area contributed by atoms with Gasteiger partial charge in [-0.15, -0.1) is 0 Å². The Labute approximate surface area is 187 Å². The number of carbonyl (C=O) groups is 2. The fourth-order valence-electron chi connectivity index (χ4n) is 3.26. The van der Waals surface area contributed by atoms with Gasteiger partial charge in [0.25, 0.3) is 0 Å². The lowest BCUT2D eigenvalue weighted by atomic mass is 10.1. The van der Waals surface area contributed by atoms with Crippen molar-refractivity contribution < 1.29 is 38.0 Å². The van der Waals surface area contributed by atoms with Gasteiger partial charge >= 0.3 is 5.97 Å². The van der Waals surface area contributed by atoms with E-state index < -0.39 is 11.6 Å². The van der Waals surface area contributed by atoms with Crippen molar-refractivity contribution >= 4 is 12.3 Å². The molecule has 0 amide bonds. The highest BCUT2D eigenvalue weighted by Crippen LogP contribution is 2.35. The molecule has 0 spiro atoms. The van der Waals surface area contributed by atoms with Crippen LogP contribution in [0.4, 0.5) is 0 Å². The maximum absolute atomic E-state index is 11.7. The summed E-state index contributed by atoms with van der Waals surface area (Å²) in [6.45, 7) is 10.0. The molecule has 2 saturated heterocycles. The first-order chi connectivity index (χ1) is 14.8. The molecule has 2 aliphatic heterocycles. The predicted molar refractivity (Wildman–Crippen MR) is 116 cm³/mol. The van der Waals surface area contributed by atoms with E-state index in [-0.39, 0.29) is 24.6 Å². The van der Waals surface area contributed by atoms with Gasteiger partial charge in [-0.1, -0.05) is 26.7 Å². The van der Waals surface area contributed by atoms with E-state index in [1.165, 1.54) is 12.8 Å². The number of hydrogen-bond acceptors (Lipinski definition) is 8. The Hall–Kier alpha value is -1.06. The number of hydrogen-bond donors (Lipinski definition) is 0. The molecule has 182 valence electrons. The normalized spacial score (nSPS) is 30.0. The van der Waals surface area contributed by atoms with Gasteiger partial charge in [0.1, 0.15) is 18.5 Å². The zero-order valence-corrected chi connectivity index (χ0v) is 20.0. The molecule has 0 N–H and O–H groups in total. The van der Waals surface area contributed by atoms with E-state index in [0.29, 0.717) is 39.1 Å². The van der Waals surface area contributed by atoms with Crippen LogP contribution in [0, 0.1) is 0 Å². The van der Waals surface area contributed by atoms with Crippen LogP contribution in [0.15, 0.2) is 0 Å². The molecular formula is C23H42O8. The Balaban J connectivity index is 0.000000703. The molecule has 0 radical (unpaired) electrons. The summed E-state index contributed by atoms with van der Waals surface area (Å²) in [5.74, 6) is -1.80. The fourth-order valence-corrected chi connectivity index (χ4v) is 3.26. The number of esters is 1. The lowest BCUT2D eigenvalue weighted by Crippen LogP contribution is -2.36. The Bertz CT molecular complexity index is 510.